The Hall–Kier alpha value is -0.730. The molecule has 2 nitrogen and oxygen atoms in total. The third kappa shape index (κ3) is 1.66. The predicted molar refractivity (Wildman–Crippen MR) is 76.7 cm³/mol. The summed E-state index contributed by atoms with van der Waals surface area (Å²) < 4.78 is 5.27. The van der Waals surface area contributed by atoms with E-state index in [0.29, 0.717) is 21.4 Å². The van der Waals surface area contributed by atoms with Crippen LogP contribution >= 0.6 is 23.2 Å². The van der Waals surface area contributed by atoms with Crippen molar-refractivity contribution in [3.63, 3.8) is 0 Å². The molecule has 2 atom stereocenters. The average molecular weight is 299 g/mol. The van der Waals surface area contributed by atoms with Crippen LogP contribution in [0.2, 0.25) is 10.0 Å². The van der Waals surface area contributed by atoms with Crippen LogP contribution in [0.4, 0.5) is 0 Å². The molecule has 0 saturated heterocycles. The van der Waals surface area contributed by atoms with Crippen molar-refractivity contribution >= 4 is 29.0 Å². The molecule has 0 unspecified atom stereocenters. The molecule has 19 heavy (non-hydrogen) atoms. The van der Waals surface area contributed by atoms with Crippen LogP contribution in [0, 0.1) is 5.41 Å². The molecule has 1 aromatic rings. The number of carbonyl (C=O) groups excluding carboxylic acids is 1. The van der Waals surface area contributed by atoms with Gasteiger partial charge in [-0.1, -0.05) is 43.0 Å². The number of Topliss-reactive ketones (excluding diaryl/α,β-unsaturated/α-hetero) is 1. The number of methoxy groups -OCH3 is 1. The molecule has 0 amide bonds. The minimum Gasteiger partial charge on any atom is -0.495 e. The molecule has 2 aliphatic rings. The normalized spacial score (nSPS) is 29.1. The molecule has 0 heterocycles. The van der Waals surface area contributed by atoms with Crippen molar-refractivity contribution < 1.29 is 9.53 Å². The Bertz CT molecular complexity index is 568. The van der Waals surface area contributed by atoms with Gasteiger partial charge in [0, 0.05) is 11.0 Å². The van der Waals surface area contributed by atoms with Gasteiger partial charge in [0.25, 0.3) is 0 Å². The highest BCUT2D eigenvalue weighted by atomic mass is 35.5. The molecule has 4 heteroatoms. The molecule has 0 bridgehead atoms. The van der Waals surface area contributed by atoms with Crippen molar-refractivity contribution in [2.75, 3.05) is 7.11 Å². The SMILES string of the molecule is COc1cc2c(c(Cl)c1Cl)C(=O)[C@@]1(C)CCCC[C@H]21. The zero-order valence-electron chi connectivity index (χ0n) is 11.1. The Morgan fingerprint density at radius 2 is 2.05 bits per heavy atom. The van der Waals surface area contributed by atoms with Crippen LogP contribution in [0.1, 0.15) is 54.4 Å². The lowest BCUT2D eigenvalue weighted by Gasteiger charge is -2.34. The summed E-state index contributed by atoms with van der Waals surface area (Å²) in [5.41, 5.74) is 1.35. The van der Waals surface area contributed by atoms with Crippen molar-refractivity contribution in [3.8, 4) is 5.75 Å². The fourth-order valence-electron chi connectivity index (χ4n) is 3.67. The van der Waals surface area contributed by atoms with Crippen LogP contribution in [0.15, 0.2) is 6.07 Å². The monoisotopic (exact) mass is 298 g/mol. The van der Waals surface area contributed by atoms with Crippen molar-refractivity contribution in [1.29, 1.82) is 0 Å². The Kier molecular flexibility index (Phi) is 3.06. The van der Waals surface area contributed by atoms with Crippen LogP contribution in [0.3, 0.4) is 0 Å². The quantitative estimate of drug-likeness (QED) is 0.740. The summed E-state index contributed by atoms with van der Waals surface area (Å²) in [5.74, 6) is 0.974. The van der Waals surface area contributed by atoms with Gasteiger partial charge >= 0.3 is 0 Å². The lowest BCUT2D eigenvalue weighted by atomic mass is 9.68. The third-order valence-corrected chi connectivity index (χ3v) is 5.60. The van der Waals surface area contributed by atoms with Crippen LogP contribution in [0.5, 0.6) is 5.75 Å². The summed E-state index contributed by atoms with van der Waals surface area (Å²) in [5, 5.41) is 0.704. The van der Waals surface area contributed by atoms with Gasteiger partial charge in [0.2, 0.25) is 0 Å². The molecule has 0 spiro atoms. The summed E-state index contributed by atoms with van der Waals surface area (Å²) >= 11 is 12.5. The molecule has 2 aliphatic carbocycles. The molecular weight excluding hydrogens is 283 g/mol. The van der Waals surface area contributed by atoms with Gasteiger partial charge in [-0.05, 0) is 30.4 Å². The number of hydrogen-bond acceptors (Lipinski definition) is 2. The highest BCUT2D eigenvalue weighted by Crippen LogP contribution is 2.58. The first-order chi connectivity index (χ1) is 9.00. The molecule has 1 fully saturated rings. The first kappa shape index (κ1) is 13.3. The number of hydrogen-bond donors (Lipinski definition) is 0. The molecule has 1 saturated carbocycles. The molecule has 0 aliphatic heterocycles. The molecule has 102 valence electrons. The second-order valence-electron chi connectivity index (χ2n) is 5.72. The minimum atomic E-state index is -0.306. The van der Waals surface area contributed by atoms with E-state index in [0.717, 1.165) is 31.2 Å². The highest BCUT2D eigenvalue weighted by Gasteiger charge is 2.51. The average Bonchev–Trinajstić information content (AvgIpc) is 2.63. The van der Waals surface area contributed by atoms with E-state index >= 15 is 0 Å². The van der Waals surface area contributed by atoms with Crippen LogP contribution in [0.25, 0.3) is 0 Å². The predicted octanol–water partition coefficient (Wildman–Crippen LogP) is 4.86. The summed E-state index contributed by atoms with van der Waals surface area (Å²) in [4.78, 5) is 12.7. The highest BCUT2D eigenvalue weighted by molar-refractivity contribution is 6.45. The Morgan fingerprint density at radius 1 is 1.32 bits per heavy atom. The lowest BCUT2D eigenvalue weighted by Crippen LogP contribution is -2.30. The zero-order chi connectivity index (χ0) is 13.8. The lowest BCUT2D eigenvalue weighted by molar-refractivity contribution is 0.0748. The van der Waals surface area contributed by atoms with Crippen molar-refractivity contribution in [2.24, 2.45) is 5.41 Å². The van der Waals surface area contributed by atoms with Gasteiger partial charge in [-0.3, -0.25) is 4.79 Å². The standard InChI is InChI=1S/C15H16Cl2O2/c1-15-6-4-3-5-9(15)8-7-10(19-2)12(16)13(17)11(8)14(15)18/h7,9H,3-6H2,1-2H3/t9-,15+/m1/s1. The van der Waals surface area contributed by atoms with Gasteiger partial charge in [-0.15, -0.1) is 0 Å². The van der Waals surface area contributed by atoms with Crippen LogP contribution < -0.4 is 4.74 Å². The zero-order valence-corrected chi connectivity index (χ0v) is 12.6. The molecule has 3 rings (SSSR count). The second kappa shape index (κ2) is 4.39. The van der Waals surface area contributed by atoms with Crippen LogP contribution in [-0.2, 0) is 0 Å². The van der Waals surface area contributed by atoms with E-state index in [2.05, 4.69) is 6.92 Å². The van der Waals surface area contributed by atoms with E-state index in [9.17, 15) is 4.79 Å². The molecular formula is C15H16Cl2O2. The second-order valence-corrected chi connectivity index (χ2v) is 6.47. The topological polar surface area (TPSA) is 26.3 Å². The number of rotatable bonds is 1. The Labute approximate surface area is 123 Å². The fraction of sp³-hybridized carbons (Fsp3) is 0.533. The van der Waals surface area contributed by atoms with E-state index in [-0.39, 0.29) is 17.1 Å². The fourth-order valence-corrected chi connectivity index (χ4v) is 4.18. The number of ketones is 1. The van der Waals surface area contributed by atoms with E-state index in [1.54, 1.807) is 7.11 Å². The Balaban J connectivity index is 2.25. The molecule has 1 aromatic carbocycles. The van der Waals surface area contributed by atoms with Gasteiger partial charge in [0.1, 0.15) is 10.8 Å². The smallest absolute Gasteiger partial charge is 0.171 e. The van der Waals surface area contributed by atoms with E-state index in [1.807, 2.05) is 6.07 Å². The first-order valence-electron chi connectivity index (χ1n) is 6.61. The van der Waals surface area contributed by atoms with Crippen molar-refractivity contribution in [1.82, 2.24) is 0 Å². The van der Waals surface area contributed by atoms with Gasteiger partial charge in [-0.25, -0.2) is 0 Å². The van der Waals surface area contributed by atoms with Gasteiger partial charge < -0.3 is 4.74 Å². The molecule has 0 N–H and O–H groups in total. The maximum absolute atomic E-state index is 12.7. The van der Waals surface area contributed by atoms with Gasteiger partial charge in [0.15, 0.2) is 5.78 Å². The summed E-state index contributed by atoms with van der Waals surface area (Å²) in [6.07, 6.45) is 4.24. The maximum Gasteiger partial charge on any atom is 0.171 e. The van der Waals surface area contributed by atoms with Gasteiger partial charge in [0.05, 0.1) is 12.1 Å². The van der Waals surface area contributed by atoms with Crippen molar-refractivity contribution in [3.05, 3.63) is 27.2 Å². The maximum atomic E-state index is 12.7. The summed E-state index contributed by atoms with van der Waals surface area (Å²) in [6.45, 7) is 2.07. The first-order valence-corrected chi connectivity index (χ1v) is 7.37. The Morgan fingerprint density at radius 3 is 2.74 bits per heavy atom. The number of halogens is 2. The summed E-state index contributed by atoms with van der Waals surface area (Å²) in [6, 6.07) is 1.91. The molecule has 0 aromatic heterocycles. The summed E-state index contributed by atoms with van der Waals surface area (Å²) in [7, 11) is 1.57. The molecule has 0 radical (unpaired) electrons. The van der Waals surface area contributed by atoms with Crippen LogP contribution in [-0.4, -0.2) is 12.9 Å². The van der Waals surface area contributed by atoms with E-state index in [4.69, 9.17) is 27.9 Å². The number of fused-ring (bicyclic) bond motifs is 3. The minimum absolute atomic E-state index is 0.154. The van der Waals surface area contributed by atoms with Gasteiger partial charge in [-0.2, -0.15) is 0 Å². The number of benzene rings is 1. The van der Waals surface area contributed by atoms with E-state index in [1.165, 1.54) is 0 Å². The number of ether oxygens (including phenoxy) is 1. The van der Waals surface area contributed by atoms with E-state index < -0.39 is 0 Å². The number of carbonyl (C=O) groups is 1. The largest absolute Gasteiger partial charge is 0.495 e. The third-order valence-electron chi connectivity index (χ3n) is 4.75. The van der Waals surface area contributed by atoms with Crippen molar-refractivity contribution in [2.45, 2.75) is 38.5 Å².